The molecule has 0 saturated heterocycles. The summed E-state index contributed by atoms with van der Waals surface area (Å²) in [7, 11) is 0. The quantitative estimate of drug-likeness (QED) is 0.747. The van der Waals surface area contributed by atoms with Gasteiger partial charge < -0.3 is 16.4 Å². The number of rotatable bonds is 4. The molecule has 0 spiro atoms. The highest BCUT2D eigenvalue weighted by Crippen LogP contribution is 2.08. The molecule has 0 aliphatic rings. The van der Waals surface area contributed by atoms with Gasteiger partial charge >= 0.3 is 6.03 Å². The molecular weight excluding hydrogens is 250 g/mol. The van der Waals surface area contributed by atoms with Crippen LogP contribution in [0.25, 0.3) is 0 Å². The fourth-order valence-corrected chi connectivity index (χ4v) is 1.82. The third-order valence-electron chi connectivity index (χ3n) is 2.99. The summed E-state index contributed by atoms with van der Waals surface area (Å²) >= 11 is 0. The fraction of sp³-hybridized carbons (Fsp3) is 0.188. The SMILES string of the molecule is Cc1ccc(NC(=O)NCCc2ccc(N)cc2)cc1. The van der Waals surface area contributed by atoms with Crippen LogP contribution in [0.2, 0.25) is 0 Å². The maximum absolute atomic E-state index is 11.7. The van der Waals surface area contributed by atoms with E-state index in [1.54, 1.807) is 0 Å². The van der Waals surface area contributed by atoms with Crippen molar-refractivity contribution in [2.24, 2.45) is 0 Å². The molecule has 0 saturated carbocycles. The number of benzene rings is 2. The summed E-state index contributed by atoms with van der Waals surface area (Å²) in [6.45, 7) is 2.60. The van der Waals surface area contributed by atoms with Gasteiger partial charge in [-0.05, 0) is 43.2 Å². The van der Waals surface area contributed by atoms with Crippen molar-refractivity contribution in [3.63, 3.8) is 0 Å². The molecule has 0 fully saturated rings. The van der Waals surface area contributed by atoms with Gasteiger partial charge in [0.05, 0.1) is 0 Å². The molecule has 2 aromatic rings. The van der Waals surface area contributed by atoms with Crippen molar-refractivity contribution in [1.29, 1.82) is 0 Å². The molecule has 104 valence electrons. The molecular formula is C16H19N3O. The van der Waals surface area contributed by atoms with Crippen LogP contribution in [0.5, 0.6) is 0 Å². The van der Waals surface area contributed by atoms with E-state index < -0.39 is 0 Å². The highest BCUT2D eigenvalue weighted by atomic mass is 16.2. The minimum Gasteiger partial charge on any atom is -0.399 e. The fourth-order valence-electron chi connectivity index (χ4n) is 1.82. The summed E-state index contributed by atoms with van der Waals surface area (Å²) in [6.07, 6.45) is 0.779. The topological polar surface area (TPSA) is 67.2 Å². The van der Waals surface area contributed by atoms with Gasteiger partial charge in [0.15, 0.2) is 0 Å². The molecule has 2 amide bonds. The molecule has 0 aliphatic heterocycles. The predicted molar refractivity (Wildman–Crippen MR) is 82.8 cm³/mol. The Kier molecular flexibility index (Phi) is 4.60. The lowest BCUT2D eigenvalue weighted by atomic mass is 10.1. The van der Waals surface area contributed by atoms with Crippen LogP contribution < -0.4 is 16.4 Å². The Balaban J connectivity index is 1.75. The molecule has 4 N–H and O–H groups in total. The molecule has 0 unspecified atom stereocenters. The number of aryl methyl sites for hydroxylation is 1. The zero-order valence-electron chi connectivity index (χ0n) is 11.5. The first-order valence-electron chi connectivity index (χ1n) is 6.59. The van der Waals surface area contributed by atoms with E-state index in [4.69, 9.17) is 5.73 Å². The van der Waals surface area contributed by atoms with Crippen LogP contribution in [0.4, 0.5) is 16.2 Å². The van der Waals surface area contributed by atoms with E-state index in [0.29, 0.717) is 6.54 Å². The average Bonchev–Trinajstić information content (AvgIpc) is 2.44. The van der Waals surface area contributed by atoms with E-state index in [1.165, 1.54) is 5.56 Å². The Morgan fingerprint density at radius 2 is 1.70 bits per heavy atom. The van der Waals surface area contributed by atoms with Gasteiger partial charge in [0.1, 0.15) is 0 Å². The second kappa shape index (κ2) is 6.61. The number of anilines is 2. The van der Waals surface area contributed by atoms with Gasteiger partial charge in [-0.25, -0.2) is 4.79 Å². The van der Waals surface area contributed by atoms with Gasteiger partial charge in [-0.3, -0.25) is 0 Å². The first-order valence-corrected chi connectivity index (χ1v) is 6.59. The molecule has 2 rings (SSSR count). The maximum atomic E-state index is 11.7. The van der Waals surface area contributed by atoms with Crippen molar-refractivity contribution in [3.8, 4) is 0 Å². The number of hydrogen-bond acceptors (Lipinski definition) is 2. The number of carbonyl (C=O) groups excluding carboxylic acids is 1. The molecule has 2 aromatic carbocycles. The first kappa shape index (κ1) is 13.9. The van der Waals surface area contributed by atoms with Crippen molar-refractivity contribution in [1.82, 2.24) is 5.32 Å². The van der Waals surface area contributed by atoms with Crippen molar-refractivity contribution in [2.75, 3.05) is 17.6 Å². The minimum atomic E-state index is -0.190. The maximum Gasteiger partial charge on any atom is 0.319 e. The molecule has 0 bridgehead atoms. The lowest BCUT2D eigenvalue weighted by Crippen LogP contribution is -2.30. The molecule has 0 radical (unpaired) electrons. The van der Waals surface area contributed by atoms with Crippen LogP contribution in [0.3, 0.4) is 0 Å². The van der Waals surface area contributed by atoms with Gasteiger partial charge in [-0.2, -0.15) is 0 Å². The zero-order chi connectivity index (χ0) is 14.4. The third kappa shape index (κ3) is 4.31. The number of nitrogens with one attached hydrogen (secondary N) is 2. The van der Waals surface area contributed by atoms with Gasteiger partial charge in [-0.1, -0.05) is 29.8 Å². The lowest BCUT2D eigenvalue weighted by molar-refractivity contribution is 0.252. The predicted octanol–water partition coefficient (Wildman–Crippen LogP) is 2.94. The van der Waals surface area contributed by atoms with E-state index in [1.807, 2.05) is 55.5 Å². The van der Waals surface area contributed by atoms with Gasteiger partial charge in [0, 0.05) is 17.9 Å². The van der Waals surface area contributed by atoms with Crippen LogP contribution in [0, 0.1) is 6.92 Å². The van der Waals surface area contributed by atoms with Crippen LogP contribution in [-0.2, 0) is 6.42 Å². The normalized spacial score (nSPS) is 10.1. The highest BCUT2D eigenvalue weighted by Gasteiger charge is 2.01. The van der Waals surface area contributed by atoms with Crippen LogP contribution in [0.15, 0.2) is 48.5 Å². The van der Waals surface area contributed by atoms with Gasteiger partial charge in [0.2, 0.25) is 0 Å². The van der Waals surface area contributed by atoms with E-state index in [2.05, 4.69) is 10.6 Å². The summed E-state index contributed by atoms with van der Waals surface area (Å²) in [5.74, 6) is 0. The zero-order valence-corrected chi connectivity index (χ0v) is 11.5. The van der Waals surface area contributed by atoms with Gasteiger partial charge in [-0.15, -0.1) is 0 Å². The van der Waals surface area contributed by atoms with Crippen molar-refractivity contribution < 1.29 is 4.79 Å². The number of hydrogen-bond donors (Lipinski definition) is 3. The van der Waals surface area contributed by atoms with Crippen LogP contribution in [0.1, 0.15) is 11.1 Å². The van der Waals surface area contributed by atoms with E-state index in [9.17, 15) is 4.79 Å². The largest absolute Gasteiger partial charge is 0.399 e. The molecule has 0 aromatic heterocycles. The first-order chi connectivity index (χ1) is 9.63. The Morgan fingerprint density at radius 3 is 2.35 bits per heavy atom. The number of nitrogen functional groups attached to an aromatic ring is 1. The summed E-state index contributed by atoms with van der Waals surface area (Å²) < 4.78 is 0. The Morgan fingerprint density at radius 1 is 1.05 bits per heavy atom. The second-order valence-corrected chi connectivity index (χ2v) is 4.74. The molecule has 20 heavy (non-hydrogen) atoms. The van der Waals surface area contributed by atoms with Crippen LogP contribution in [-0.4, -0.2) is 12.6 Å². The molecule has 0 atom stereocenters. The Hall–Kier alpha value is -2.49. The Bertz CT molecular complexity index is 561. The van der Waals surface area contributed by atoms with Crippen LogP contribution >= 0.6 is 0 Å². The van der Waals surface area contributed by atoms with Crippen molar-refractivity contribution in [2.45, 2.75) is 13.3 Å². The van der Waals surface area contributed by atoms with E-state index in [0.717, 1.165) is 23.4 Å². The smallest absolute Gasteiger partial charge is 0.319 e. The standard InChI is InChI=1S/C16H19N3O/c1-12-2-8-15(9-3-12)19-16(20)18-11-10-13-4-6-14(17)7-5-13/h2-9H,10-11,17H2,1H3,(H2,18,19,20). The van der Waals surface area contributed by atoms with Crippen molar-refractivity contribution >= 4 is 17.4 Å². The molecule has 0 heterocycles. The second-order valence-electron chi connectivity index (χ2n) is 4.74. The summed E-state index contributed by atoms with van der Waals surface area (Å²) in [4.78, 5) is 11.7. The number of nitrogens with two attached hydrogens (primary N) is 1. The number of urea groups is 1. The third-order valence-corrected chi connectivity index (χ3v) is 2.99. The number of amides is 2. The van der Waals surface area contributed by atoms with Crippen molar-refractivity contribution in [3.05, 3.63) is 59.7 Å². The summed E-state index contributed by atoms with van der Waals surface area (Å²) in [5.41, 5.74) is 9.48. The highest BCUT2D eigenvalue weighted by molar-refractivity contribution is 5.89. The molecule has 0 aliphatic carbocycles. The molecule has 4 heteroatoms. The minimum absolute atomic E-state index is 0.190. The summed E-state index contributed by atoms with van der Waals surface area (Å²) in [5, 5.41) is 5.62. The van der Waals surface area contributed by atoms with E-state index >= 15 is 0 Å². The average molecular weight is 269 g/mol. The molecule has 4 nitrogen and oxygen atoms in total. The number of carbonyl (C=O) groups is 1. The summed E-state index contributed by atoms with van der Waals surface area (Å²) in [6, 6.07) is 15.2. The monoisotopic (exact) mass is 269 g/mol. The van der Waals surface area contributed by atoms with Gasteiger partial charge in [0.25, 0.3) is 0 Å². The Labute approximate surface area is 119 Å². The van der Waals surface area contributed by atoms with E-state index in [-0.39, 0.29) is 6.03 Å². The lowest BCUT2D eigenvalue weighted by Gasteiger charge is -2.08.